The van der Waals surface area contributed by atoms with Gasteiger partial charge < -0.3 is 5.32 Å². The first-order valence-electron chi connectivity index (χ1n) is 5.37. The smallest absolute Gasteiger partial charge is 0.279 e. The Morgan fingerprint density at radius 3 is 2.56 bits per heavy atom. The molecule has 1 fully saturated rings. The van der Waals surface area contributed by atoms with Gasteiger partial charge in [-0.25, -0.2) is 4.72 Å². The van der Waals surface area contributed by atoms with Crippen molar-refractivity contribution in [2.45, 2.75) is 26.3 Å². The van der Waals surface area contributed by atoms with Crippen LogP contribution in [0.15, 0.2) is 0 Å². The average Bonchev–Trinajstić information content (AvgIpc) is 2.66. The fraction of sp³-hybridized carbons (Fsp3) is 1.00. The molecular weight excluding hydrogens is 250 g/mol. The zero-order valence-electron chi connectivity index (χ0n) is 10.1. The monoisotopic (exact) mass is 271 g/mol. The lowest BCUT2D eigenvalue weighted by molar-refractivity contribution is 0.398. The molecule has 2 N–H and O–H groups in total. The summed E-state index contributed by atoms with van der Waals surface area (Å²) in [7, 11) is -1.69. The molecule has 0 aromatic heterocycles. The van der Waals surface area contributed by atoms with Crippen molar-refractivity contribution in [3.63, 3.8) is 0 Å². The number of hydrogen-bond donors (Lipinski definition) is 2. The van der Waals surface area contributed by atoms with Gasteiger partial charge in [0.1, 0.15) is 0 Å². The highest BCUT2D eigenvalue weighted by atomic mass is 35.5. The fourth-order valence-corrected chi connectivity index (χ4v) is 2.70. The normalized spacial score (nSPS) is 21.4. The van der Waals surface area contributed by atoms with Crippen molar-refractivity contribution in [3.8, 4) is 0 Å². The summed E-state index contributed by atoms with van der Waals surface area (Å²) < 4.78 is 27.4. The highest BCUT2D eigenvalue weighted by molar-refractivity contribution is 7.87. The molecule has 0 saturated carbocycles. The van der Waals surface area contributed by atoms with Crippen LogP contribution in [0.25, 0.3) is 0 Å². The van der Waals surface area contributed by atoms with Gasteiger partial charge in [-0.3, -0.25) is 0 Å². The Labute approximate surface area is 105 Å². The second-order valence-corrected chi connectivity index (χ2v) is 6.14. The van der Waals surface area contributed by atoms with E-state index < -0.39 is 10.2 Å². The van der Waals surface area contributed by atoms with Crippen LogP contribution >= 0.6 is 12.4 Å². The molecule has 98 valence electrons. The van der Waals surface area contributed by atoms with E-state index >= 15 is 0 Å². The second kappa shape index (κ2) is 6.76. The second-order valence-electron chi connectivity index (χ2n) is 4.32. The van der Waals surface area contributed by atoms with E-state index in [-0.39, 0.29) is 18.4 Å². The highest BCUT2D eigenvalue weighted by Crippen LogP contribution is 2.07. The Hall–Kier alpha value is 0.120. The van der Waals surface area contributed by atoms with Crippen molar-refractivity contribution >= 4 is 22.6 Å². The first-order chi connectivity index (χ1) is 6.93. The summed E-state index contributed by atoms with van der Waals surface area (Å²) in [6.07, 6.45) is 1.05. The number of nitrogens with one attached hydrogen (secondary N) is 2. The first-order valence-corrected chi connectivity index (χ1v) is 6.81. The molecular formula is C9H22ClN3O2S. The third-order valence-electron chi connectivity index (χ3n) is 2.82. The van der Waals surface area contributed by atoms with E-state index in [4.69, 9.17) is 0 Å². The zero-order chi connectivity index (χ0) is 11.5. The van der Waals surface area contributed by atoms with E-state index in [0.717, 1.165) is 19.5 Å². The van der Waals surface area contributed by atoms with Crippen molar-refractivity contribution in [1.29, 1.82) is 0 Å². The Kier molecular flexibility index (Phi) is 6.81. The molecule has 1 atom stereocenters. The van der Waals surface area contributed by atoms with Crippen LogP contribution in [-0.4, -0.2) is 45.4 Å². The molecule has 0 amide bonds. The minimum absolute atomic E-state index is 0. The van der Waals surface area contributed by atoms with Crippen molar-refractivity contribution in [1.82, 2.24) is 14.3 Å². The quantitative estimate of drug-likeness (QED) is 0.751. The van der Waals surface area contributed by atoms with Crippen molar-refractivity contribution in [2.24, 2.45) is 5.92 Å². The Morgan fingerprint density at radius 1 is 1.50 bits per heavy atom. The minimum atomic E-state index is -3.29. The molecule has 1 heterocycles. The maximum absolute atomic E-state index is 11.7. The number of halogens is 1. The lowest BCUT2D eigenvalue weighted by atomic mass is 10.1. The average molecular weight is 272 g/mol. The van der Waals surface area contributed by atoms with E-state index in [9.17, 15) is 8.42 Å². The summed E-state index contributed by atoms with van der Waals surface area (Å²) in [5.74, 6) is 0.431. The van der Waals surface area contributed by atoms with Crippen LogP contribution in [0.2, 0.25) is 0 Å². The molecule has 0 aliphatic carbocycles. The van der Waals surface area contributed by atoms with Crippen LogP contribution in [-0.2, 0) is 10.2 Å². The van der Waals surface area contributed by atoms with Crippen LogP contribution in [0.1, 0.15) is 20.3 Å². The Bertz CT molecular complexity index is 289. The molecule has 0 radical (unpaired) electrons. The summed E-state index contributed by atoms with van der Waals surface area (Å²) >= 11 is 0. The maximum atomic E-state index is 11.7. The first kappa shape index (κ1) is 16.1. The van der Waals surface area contributed by atoms with E-state index in [2.05, 4.69) is 10.0 Å². The van der Waals surface area contributed by atoms with Gasteiger partial charge in [-0.1, -0.05) is 0 Å². The van der Waals surface area contributed by atoms with Gasteiger partial charge in [-0.15, -0.1) is 12.4 Å². The molecule has 16 heavy (non-hydrogen) atoms. The summed E-state index contributed by atoms with van der Waals surface area (Å²) in [5, 5.41) is 3.21. The van der Waals surface area contributed by atoms with Gasteiger partial charge >= 0.3 is 0 Å². The molecule has 1 aliphatic rings. The van der Waals surface area contributed by atoms with Gasteiger partial charge in [0.05, 0.1) is 0 Å². The van der Waals surface area contributed by atoms with E-state index in [0.29, 0.717) is 12.5 Å². The van der Waals surface area contributed by atoms with Crippen LogP contribution in [0.5, 0.6) is 0 Å². The standard InChI is InChI=1S/C9H21N3O2S.ClH/c1-8(2)12(3)15(13,14)11-7-9-4-5-10-6-9;/h8-11H,4-7H2,1-3H3;1H. The molecule has 1 unspecified atom stereocenters. The predicted octanol–water partition coefficient (Wildman–Crippen LogP) is 0.192. The van der Waals surface area contributed by atoms with Crippen LogP contribution in [0, 0.1) is 5.92 Å². The van der Waals surface area contributed by atoms with Crippen LogP contribution < -0.4 is 10.0 Å². The zero-order valence-corrected chi connectivity index (χ0v) is 11.7. The number of hydrogen-bond acceptors (Lipinski definition) is 3. The van der Waals surface area contributed by atoms with Crippen LogP contribution in [0.4, 0.5) is 0 Å². The van der Waals surface area contributed by atoms with Crippen LogP contribution in [0.3, 0.4) is 0 Å². The minimum Gasteiger partial charge on any atom is -0.316 e. The van der Waals surface area contributed by atoms with Gasteiger partial charge in [0, 0.05) is 19.6 Å². The van der Waals surface area contributed by atoms with Gasteiger partial charge in [-0.05, 0) is 39.3 Å². The molecule has 0 spiro atoms. The third-order valence-corrected chi connectivity index (χ3v) is 4.53. The molecule has 1 saturated heterocycles. The summed E-state index contributed by atoms with van der Waals surface area (Å²) in [6, 6.07) is -0.01000. The molecule has 1 rings (SSSR count). The van der Waals surface area contributed by atoms with Gasteiger partial charge in [0.25, 0.3) is 10.2 Å². The van der Waals surface area contributed by atoms with E-state index in [1.54, 1.807) is 7.05 Å². The molecule has 0 aromatic carbocycles. The topological polar surface area (TPSA) is 61.4 Å². The maximum Gasteiger partial charge on any atom is 0.279 e. The highest BCUT2D eigenvalue weighted by Gasteiger charge is 2.22. The van der Waals surface area contributed by atoms with Gasteiger partial charge in [0.15, 0.2) is 0 Å². The SMILES string of the molecule is CC(C)N(C)S(=O)(=O)NCC1CCNC1.Cl. The third kappa shape index (κ3) is 4.55. The fourth-order valence-electron chi connectivity index (χ4n) is 1.49. The van der Waals surface area contributed by atoms with E-state index in [1.165, 1.54) is 4.31 Å². The van der Waals surface area contributed by atoms with Gasteiger partial charge in [0.2, 0.25) is 0 Å². The Balaban J connectivity index is 0.00000225. The number of nitrogens with zero attached hydrogens (tertiary/aromatic N) is 1. The molecule has 5 nitrogen and oxygen atoms in total. The molecule has 7 heteroatoms. The van der Waals surface area contributed by atoms with Crippen molar-refractivity contribution < 1.29 is 8.42 Å². The predicted molar refractivity (Wildman–Crippen MR) is 68.0 cm³/mol. The lowest BCUT2D eigenvalue weighted by Crippen LogP contribution is -2.43. The Morgan fingerprint density at radius 2 is 2.12 bits per heavy atom. The van der Waals surface area contributed by atoms with Crippen molar-refractivity contribution in [3.05, 3.63) is 0 Å². The van der Waals surface area contributed by atoms with E-state index in [1.807, 2.05) is 13.8 Å². The summed E-state index contributed by atoms with van der Waals surface area (Å²) in [6.45, 7) is 6.15. The summed E-state index contributed by atoms with van der Waals surface area (Å²) in [5.41, 5.74) is 0. The lowest BCUT2D eigenvalue weighted by Gasteiger charge is -2.22. The molecule has 0 aromatic rings. The number of rotatable bonds is 5. The molecule has 1 aliphatic heterocycles. The summed E-state index contributed by atoms with van der Waals surface area (Å²) in [4.78, 5) is 0. The molecule has 0 bridgehead atoms. The van der Waals surface area contributed by atoms with Crippen molar-refractivity contribution in [2.75, 3.05) is 26.7 Å². The van der Waals surface area contributed by atoms with Gasteiger partial charge in [-0.2, -0.15) is 12.7 Å². The largest absolute Gasteiger partial charge is 0.316 e.